The van der Waals surface area contributed by atoms with Crippen molar-refractivity contribution in [3.05, 3.63) is 71.2 Å². The van der Waals surface area contributed by atoms with Gasteiger partial charge in [-0.2, -0.15) is 0 Å². The molecule has 1 aromatic carbocycles. The second-order valence-electron chi connectivity index (χ2n) is 6.19. The molecular weight excluding hydrogens is 328 g/mol. The molecule has 3 aromatic rings. The maximum absolute atomic E-state index is 12.3. The minimum Gasteiger partial charge on any atom is -0.330 e. The lowest BCUT2D eigenvalue weighted by molar-refractivity contribution is 0.102. The third-order valence-corrected chi connectivity index (χ3v) is 4.31. The van der Waals surface area contributed by atoms with E-state index in [0.29, 0.717) is 23.6 Å². The number of benzene rings is 1. The molecule has 0 aliphatic rings. The Labute approximate surface area is 151 Å². The first-order valence-corrected chi connectivity index (χ1v) is 8.37. The predicted octanol–water partition coefficient (Wildman–Crippen LogP) is 2.48. The fourth-order valence-electron chi connectivity index (χ4n) is 2.83. The van der Waals surface area contributed by atoms with Crippen LogP contribution in [0, 0.1) is 5.41 Å². The number of aryl methyl sites for hydroxylation is 1. The van der Waals surface area contributed by atoms with Gasteiger partial charge in [0.1, 0.15) is 11.5 Å². The molecule has 0 aliphatic heterocycles. The first kappa shape index (κ1) is 17.6. The van der Waals surface area contributed by atoms with Crippen molar-refractivity contribution >= 4 is 17.4 Å². The van der Waals surface area contributed by atoms with Gasteiger partial charge < -0.3 is 11.1 Å². The van der Waals surface area contributed by atoms with Crippen molar-refractivity contribution in [1.82, 2.24) is 14.8 Å². The van der Waals surface area contributed by atoms with Crippen LogP contribution in [0.4, 0.5) is 5.82 Å². The average molecular weight is 350 g/mol. The average Bonchev–Trinajstić information content (AvgIpc) is 2.66. The first-order chi connectivity index (χ1) is 12.5. The van der Waals surface area contributed by atoms with Gasteiger partial charge in [-0.1, -0.05) is 25.1 Å². The van der Waals surface area contributed by atoms with Crippen molar-refractivity contribution in [2.45, 2.75) is 12.8 Å². The van der Waals surface area contributed by atoms with E-state index in [4.69, 9.17) is 11.1 Å². The molecule has 134 valence electrons. The molecule has 0 saturated carbocycles. The highest BCUT2D eigenvalue weighted by atomic mass is 16.1. The van der Waals surface area contributed by atoms with Gasteiger partial charge in [0.05, 0.1) is 11.4 Å². The summed E-state index contributed by atoms with van der Waals surface area (Å²) in [7, 11) is 1.91. The van der Waals surface area contributed by atoms with Crippen molar-refractivity contribution < 1.29 is 4.79 Å². The van der Waals surface area contributed by atoms with E-state index >= 15 is 0 Å². The summed E-state index contributed by atoms with van der Waals surface area (Å²) < 4.78 is 1.88. The number of nitrogens with zero attached hydrogens (tertiary/aromatic N) is 2. The van der Waals surface area contributed by atoms with E-state index < -0.39 is 0 Å². The summed E-state index contributed by atoms with van der Waals surface area (Å²) in [6.07, 6.45) is 1.62. The topological polar surface area (TPSA) is 113 Å². The quantitative estimate of drug-likeness (QED) is 0.512. The fraction of sp³-hybridized carbons (Fsp3) is 0.211. The lowest BCUT2D eigenvalue weighted by Crippen LogP contribution is -2.27. The van der Waals surface area contributed by atoms with Crippen molar-refractivity contribution in [3.63, 3.8) is 0 Å². The Morgan fingerprint density at radius 1 is 1.27 bits per heavy atom. The van der Waals surface area contributed by atoms with Crippen LogP contribution in [0.25, 0.3) is 0 Å². The Hall–Kier alpha value is -3.19. The molecule has 0 spiro atoms. The van der Waals surface area contributed by atoms with Gasteiger partial charge in [0.2, 0.25) is 0 Å². The van der Waals surface area contributed by atoms with E-state index in [2.05, 4.69) is 15.4 Å². The smallest absolute Gasteiger partial charge is 0.256 e. The molecule has 2 aromatic heterocycles. The van der Waals surface area contributed by atoms with Crippen molar-refractivity contribution in [2.75, 3.05) is 11.9 Å². The van der Waals surface area contributed by atoms with Gasteiger partial charge in [-0.05, 0) is 24.3 Å². The summed E-state index contributed by atoms with van der Waals surface area (Å²) in [6.45, 7) is 2.55. The molecule has 0 radical (unpaired) electrons. The molecule has 7 nitrogen and oxygen atoms in total. The third-order valence-electron chi connectivity index (χ3n) is 4.31. The van der Waals surface area contributed by atoms with Crippen LogP contribution in [-0.4, -0.2) is 32.9 Å². The van der Waals surface area contributed by atoms with Crippen LogP contribution in [-0.2, 0) is 7.05 Å². The molecule has 0 aliphatic carbocycles. The number of rotatable bonds is 6. The number of hydrogen-bond donors (Lipinski definition) is 4. The maximum atomic E-state index is 12.3. The monoisotopic (exact) mass is 350 g/mol. The molecule has 3 rings (SSSR count). The number of amides is 1. The molecular formula is C19H22N6O. The summed E-state index contributed by atoms with van der Waals surface area (Å²) in [5.74, 6) is 0.432. The highest BCUT2D eigenvalue weighted by molar-refractivity contribution is 6.11. The second kappa shape index (κ2) is 7.37. The summed E-state index contributed by atoms with van der Waals surface area (Å²) in [5.41, 5.74) is 9.18. The molecule has 0 fully saturated rings. The van der Waals surface area contributed by atoms with Gasteiger partial charge in [-0.15, -0.1) is 0 Å². The van der Waals surface area contributed by atoms with Gasteiger partial charge in [0.15, 0.2) is 0 Å². The second-order valence-corrected chi connectivity index (χ2v) is 6.19. The number of hydrogen-bond acceptors (Lipinski definition) is 4. The maximum Gasteiger partial charge on any atom is 0.256 e. The first-order valence-electron chi connectivity index (χ1n) is 8.37. The molecule has 1 unspecified atom stereocenters. The largest absolute Gasteiger partial charge is 0.330 e. The third kappa shape index (κ3) is 3.43. The van der Waals surface area contributed by atoms with Gasteiger partial charge in [-0.25, -0.2) is 4.98 Å². The molecule has 0 saturated heterocycles. The van der Waals surface area contributed by atoms with Crippen LogP contribution in [0.2, 0.25) is 0 Å². The molecule has 1 atom stereocenters. The lowest BCUT2D eigenvalue weighted by atomic mass is 9.97. The summed E-state index contributed by atoms with van der Waals surface area (Å²) in [4.78, 5) is 16.3. The lowest BCUT2D eigenvalue weighted by Gasteiger charge is -2.25. The number of pyridine rings is 1. The highest BCUT2D eigenvalue weighted by Crippen LogP contribution is 2.22. The van der Waals surface area contributed by atoms with Crippen LogP contribution in [0.3, 0.4) is 0 Å². The van der Waals surface area contributed by atoms with Crippen LogP contribution in [0.5, 0.6) is 0 Å². The van der Waals surface area contributed by atoms with E-state index in [1.54, 1.807) is 42.6 Å². The molecule has 5 N–H and O–H groups in total. The number of anilines is 1. The number of nitrogens with one attached hydrogen (secondary N) is 3. The number of carbonyl (C=O) groups is 1. The molecule has 26 heavy (non-hydrogen) atoms. The summed E-state index contributed by atoms with van der Waals surface area (Å²) in [5, 5.41) is 14.3. The summed E-state index contributed by atoms with van der Waals surface area (Å²) >= 11 is 0. The Bertz CT molecular complexity index is 907. The Morgan fingerprint density at radius 3 is 2.54 bits per heavy atom. The van der Waals surface area contributed by atoms with E-state index in [1.165, 1.54) is 0 Å². The Kier molecular flexibility index (Phi) is 4.99. The van der Waals surface area contributed by atoms with Crippen LogP contribution >= 0.6 is 0 Å². The molecule has 2 heterocycles. The van der Waals surface area contributed by atoms with E-state index in [1.807, 2.05) is 24.7 Å². The van der Waals surface area contributed by atoms with Crippen molar-refractivity contribution in [1.29, 1.82) is 5.41 Å². The molecule has 7 heteroatoms. The zero-order valence-electron chi connectivity index (χ0n) is 14.8. The zero-order valence-corrected chi connectivity index (χ0v) is 14.8. The van der Waals surface area contributed by atoms with Gasteiger partial charge in [-0.3, -0.25) is 20.0 Å². The van der Waals surface area contributed by atoms with Crippen molar-refractivity contribution in [2.24, 2.45) is 12.8 Å². The predicted molar refractivity (Wildman–Crippen MR) is 102 cm³/mol. The van der Waals surface area contributed by atoms with Crippen LogP contribution < -0.4 is 11.1 Å². The molecule has 0 bridgehead atoms. The minimum absolute atomic E-state index is 0.167. The zero-order chi connectivity index (χ0) is 18.7. The van der Waals surface area contributed by atoms with Crippen LogP contribution in [0.15, 0.2) is 48.7 Å². The van der Waals surface area contributed by atoms with Crippen LogP contribution in [0.1, 0.15) is 40.2 Å². The molecule has 1 amide bonds. The van der Waals surface area contributed by atoms with Crippen molar-refractivity contribution in [3.8, 4) is 0 Å². The summed E-state index contributed by atoms with van der Waals surface area (Å²) in [6, 6.07) is 12.3. The number of nitrogens with two attached hydrogens (primary N) is 1. The number of aromatic amines is 1. The van der Waals surface area contributed by atoms with Gasteiger partial charge in [0, 0.05) is 36.8 Å². The van der Waals surface area contributed by atoms with E-state index in [-0.39, 0.29) is 11.8 Å². The van der Waals surface area contributed by atoms with Gasteiger partial charge in [0.25, 0.3) is 5.91 Å². The highest BCUT2D eigenvalue weighted by Gasteiger charge is 2.21. The fourth-order valence-corrected chi connectivity index (χ4v) is 2.83. The number of aromatic nitrogens is 3. The van der Waals surface area contributed by atoms with E-state index in [9.17, 15) is 4.79 Å². The number of carbonyl (C=O) groups excluding carboxylic acids is 1. The standard InChI is InChI=1S/C19H22N6O/c1-12(11-20)18-17(24-25(18)2)16(21)13-6-8-14(9-7-13)19(26)23-15-5-3-4-10-22-15/h3-10,12,21,24H,11,20H2,1-2H3,(H,22,23,26). The SMILES string of the molecule is CC(CN)c1c(C(=N)c2ccc(C(=O)Nc3ccccn3)cc2)[nH]n1C. The normalized spacial score (nSPS) is 12.0. The Balaban J connectivity index is 1.74. The Morgan fingerprint density at radius 2 is 1.96 bits per heavy atom. The number of H-pyrrole nitrogens is 1. The van der Waals surface area contributed by atoms with Gasteiger partial charge >= 0.3 is 0 Å². The van der Waals surface area contributed by atoms with E-state index in [0.717, 1.165) is 17.0 Å². The minimum atomic E-state index is -0.236.